The Kier molecular flexibility index (Phi) is 4.42. The van der Waals surface area contributed by atoms with Crippen LogP contribution in [-0.2, 0) is 4.79 Å². The van der Waals surface area contributed by atoms with E-state index in [1.807, 2.05) is 6.07 Å². The molecule has 0 saturated carbocycles. The number of halogens is 1. The van der Waals surface area contributed by atoms with Gasteiger partial charge in [-0.05, 0) is 48.6 Å². The molecule has 0 spiro atoms. The van der Waals surface area contributed by atoms with E-state index in [0.717, 1.165) is 17.2 Å². The number of aromatic nitrogens is 2. The number of carbonyl (C=O) groups is 1. The second-order valence-electron chi connectivity index (χ2n) is 5.21. The predicted octanol–water partition coefficient (Wildman–Crippen LogP) is 2.72. The van der Waals surface area contributed by atoms with E-state index in [4.69, 9.17) is 11.6 Å². The number of nitrogens with zero attached hydrogens (tertiary/aromatic N) is 2. The summed E-state index contributed by atoms with van der Waals surface area (Å²) in [7, 11) is 0. The van der Waals surface area contributed by atoms with Crippen molar-refractivity contribution in [2.75, 3.05) is 16.8 Å². The largest absolute Gasteiger partial charge is 0.380 e. The van der Waals surface area contributed by atoms with Gasteiger partial charge in [-0.3, -0.25) is 4.79 Å². The van der Waals surface area contributed by atoms with E-state index in [-0.39, 0.29) is 5.91 Å². The highest BCUT2D eigenvalue weighted by Crippen LogP contribution is 2.29. The Balaban J connectivity index is 1.76. The molecule has 1 amide bonds. The number of carbonyl (C=O) groups excluding carboxylic acids is 1. The van der Waals surface area contributed by atoms with E-state index in [1.54, 1.807) is 47.0 Å². The van der Waals surface area contributed by atoms with Gasteiger partial charge < -0.3 is 10.4 Å². The van der Waals surface area contributed by atoms with E-state index in [1.165, 1.54) is 0 Å². The summed E-state index contributed by atoms with van der Waals surface area (Å²) in [5, 5.41) is 17.8. The zero-order valence-electron chi connectivity index (χ0n) is 11.8. The lowest BCUT2D eigenvalue weighted by Gasteiger charge is -2.30. The fourth-order valence-electron chi connectivity index (χ4n) is 2.37. The van der Waals surface area contributed by atoms with Crippen LogP contribution in [0.2, 0.25) is 5.02 Å². The number of hydrogen-bond donors (Lipinski definition) is 2. The molecule has 2 heterocycles. The van der Waals surface area contributed by atoms with Crippen LogP contribution in [0.25, 0.3) is 5.69 Å². The molecule has 2 N–H and O–H groups in total. The van der Waals surface area contributed by atoms with Crippen LogP contribution in [0.1, 0.15) is 12.8 Å². The van der Waals surface area contributed by atoms with E-state index in [2.05, 4.69) is 10.4 Å². The van der Waals surface area contributed by atoms with Crippen molar-refractivity contribution in [2.24, 2.45) is 0 Å². The summed E-state index contributed by atoms with van der Waals surface area (Å²) in [6.07, 6.45) is 4.41. The fraction of sp³-hybridized carbons (Fsp3) is 0.333. The zero-order valence-corrected chi connectivity index (χ0v) is 13.4. The minimum atomic E-state index is -1.28. The number of aliphatic hydroxyl groups is 1. The third kappa shape index (κ3) is 3.14. The molecular formula is C15H16ClN3O2S. The van der Waals surface area contributed by atoms with Crippen LogP contribution in [0, 0.1) is 0 Å². The van der Waals surface area contributed by atoms with Crippen molar-refractivity contribution in [3.63, 3.8) is 0 Å². The molecule has 1 saturated heterocycles. The van der Waals surface area contributed by atoms with Gasteiger partial charge in [-0.15, -0.1) is 0 Å². The Hall–Kier alpha value is -1.50. The van der Waals surface area contributed by atoms with Crippen molar-refractivity contribution >= 4 is 35.0 Å². The molecule has 0 aliphatic carbocycles. The predicted molar refractivity (Wildman–Crippen MR) is 88.7 cm³/mol. The highest BCUT2D eigenvalue weighted by atomic mass is 35.5. The molecule has 1 aromatic heterocycles. The molecule has 1 aliphatic heterocycles. The lowest BCUT2D eigenvalue weighted by molar-refractivity contribution is -0.134. The van der Waals surface area contributed by atoms with Gasteiger partial charge in [-0.25, -0.2) is 4.68 Å². The Morgan fingerprint density at radius 1 is 1.41 bits per heavy atom. The molecule has 2 aromatic rings. The fourth-order valence-corrected chi connectivity index (χ4v) is 3.80. The molecule has 0 radical (unpaired) electrons. The molecule has 116 valence electrons. The van der Waals surface area contributed by atoms with Gasteiger partial charge in [0.1, 0.15) is 5.60 Å². The van der Waals surface area contributed by atoms with Crippen LogP contribution < -0.4 is 5.32 Å². The second-order valence-corrected chi connectivity index (χ2v) is 6.85. The highest BCUT2D eigenvalue weighted by molar-refractivity contribution is 7.99. The summed E-state index contributed by atoms with van der Waals surface area (Å²) in [6.45, 7) is 0. The number of thioether (sulfide) groups is 1. The summed E-state index contributed by atoms with van der Waals surface area (Å²) in [4.78, 5) is 12.3. The molecule has 1 aliphatic rings. The first-order chi connectivity index (χ1) is 10.6. The number of nitrogens with one attached hydrogen (secondary N) is 1. The Morgan fingerprint density at radius 2 is 2.18 bits per heavy atom. The van der Waals surface area contributed by atoms with Gasteiger partial charge in [-0.1, -0.05) is 11.6 Å². The van der Waals surface area contributed by atoms with Crippen molar-refractivity contribution in [1.29, 1.82) is 0 Å². The maximum atomic E-state index is 12.3. The normalized spacial score (nSPS) is 17.2. The quantitative estimate of drug-likeness (QED) is 0.903. The molecule has 0 unspecified atom stereocenters. The van der Waals surface area contributed by atoms with Crippen LogP contribution in [0.3, 0.4) is 0 Å². The molecule has 7 heteroatoms. The third-order valence-electron chi connectivity index (χ3n) is 3.70. The van der Waals surface area contributed by atoms with E-state index in [0.29, 0.717) is 23.6 Å². The number of amides is 1. The van der Waals surface area contributed by atoms with Crippen LogP contribution in [0.5, 0.6) is 0 Å². The van der Waals surface area contributed by atoms with Crippen LogP contribution in [-0.4, -0.2) is 37.9 Å². The molecule has 22 heavy (non-hydrogen) atoms. The van der Waals surface area contributed by atoms with Crippen molar-refractivity contribution in [2.45, 2.75) is 18.4 Å². The lowest BCUT2D eigenvalue weighted by Crippen LogP contribution is -2.45. The summed E-state index contributed by atoms with van der Waals surface area (Å²) >= 11 is 8.00. The minimum absolute atomic E-state index is 0.365. The minimum Gasteiger partial charge on any atom is -0.380 e. The molecule has 0 atom stereocenters. The van der Waals surface area contributed by atoms with Crippen molar-refractivity contribution < 1.29 is 9.90 Å². The van der Waals surface area contributed by atoms with Crippen LogP contribution >= 0.6 is 23.4 Å². The molecule has 0 bridgehead atoms. The molecule has 1 aromatic carbocycles. The summed E-state index contributed by atoms with van der Waals surface area (Å²) in [5.41, 5.74) is 0.0215. The van der Waals surface area contributed by atoms with Gasteiger partial charge in [-0.2, -0.15) is 16.9 Å². The highest BCUT2D eigenvalue weighted by Gasteiger charge is 2.37. The maximum absolute atomic E-state index is 12.3. The number of hydrogen-bond acceptors (Lipinski definition) is 4. The zero-order chi connectivity index (χ0) is 15.6. The first-order valence-electron chi connectivity index (χ1n) is 7.00. The van der Waals surface area contributed by atoms with E-state index >= 15 is 0 Å². The van der Waals surface area contributed by atoms with E-state index < -0.39 is 5.60 Å². The van der Waals surface area contributed by atoms with Gasteiger partial charge in [0.15, 0.2) is 0 Å². The number of anilines is 1. The maximum Gasteiger partial charge on any atom is 0.256 e. The van der Waals surface area contributed by atoms with Gasteiger partial charge in [0, 0.05) is 18.1 Å². The molecular weight excluding hydrogens is 322 g/mol. The Bertz CT molecular complexity index is 669. The molecule has 3 rings (SSSR count). The van der Waals surface area contributed by atoms with Gasteiger partial charge in [0.05, 0.1) is 10.7 Å². The SMILES string of the molecule is O=C(Nc1ccc(-n2cccn2)c(Cl)c1)C1(O)CCSCC1. The Labute approximate surface area is 137 Å². The topological polar surface area (TPSA) is 67.2 Å². The first-order valence-corrected chi connectivity index (χ1v) is 8.53. The number of rotatable bonds is 3. The third-order valence-corrected chi connectivity index (χ3v) is 4.99. The average Bonchev–Trinajstić information content (AvgIpc) is 3.02. The smallest absolute Gasteiger partial charge is 0.256 e. The molecule has 5 nitrogen and oxygen atoms in total. The van der Waals surface area contributed by atoms with Crippen molar-refractivity contribution in [3.05, 3.63) is 41.7 Å². The summed E-state index contributed by atoms with van der Waals surface area (Å²) in [6, 6.07) is 7.01. The summed E-state index contributed by atoms with van der Waals surface area (Å²) in [5.74, 6) is 1.22. The second kappa shape index (κ2) is 6.32. The van der Waals surface area contributed by atoms with E-state index in [9.17, 15) is 9.90 Å². The van der Waals surface area contributed by atoms with Crippen molar-refractivity contribution in [1.82, 2.24) is 9.78 Å². The first kappa shape index (κ1) is 15.4. The summed E-state index contributed by atoms with van der Waals surface area (Å²) < 4.78 is 1.65. The van der Waals surface area contributed by atoms with Gasteiger partial charge in [0.25, 0.3) is 5.91 Å². The average molecular weight is 338 g/mol. The van der Waals surface area contributed by atoms with Crippen LogP contribution in [0.15, 0.2) is 36.7 Å². The van der Waals surface area contributed by atoms with Gasteiger partial charge >= 0.3 is 0 Å². The van der Waals surface area contributed by atoms with Crippen LogP contribution in [0.4, 0.5) is 5.69 Å². The molecule has 1 fully saturated rings. The number of benzene rings is 1. The van der Waals surface area contributed by atoms with Crippen molar-refractivity contribution in [3.8, 4) is 5.69 Å². The Morgan fingerprint density at radius 3 is 2.82 bits per heavy atom. The monoisotopic (exact) mass is 337 g/mol. The van der Waals surface area contributed by atoms with Gasteiger partial charge in [0.2, 0.25) is 0 Å². The standard InChI is InChI=1S/C15H16ClN3O2S/c16-12-10-11(2-3-13(12)19-7-1-6-17-19)18-14(20)15(21)4-8-22-9-5-15/h1-3,6-7,10,21H,4-5,8-9H2,(H,18,20). The lowest BCUT2D eigenvalue weighted by atomic mass is 9.95.